The predicted molar refractivity (Wildman–Crippen MR) is 97.2 cm³/mol. The first-order valence-electron chi connectivity index (χ1n) is 8.98. The van der Waals surface area contributed by atoms with E-state index in [9.17, 15) is 4.79 Å². The predicted octanol–water partition coefficient (Wildman–Crippen LogP) is 2.24. The molecule has 2 aromatic heterocycles. The maximum absolute atomic E-state index is 12.2. The third kappa shape index (κ3) is 4.72. The average Bonchev–Trinajstić information content (AvgIpc) is 2.58. The fourth-order valence-corrected chi connectivity index (χ4v) is 3.19. The Balaban J connectivity index is 1.58. The Bertz CT molecular complexity index is 742. The van der Waals surface area contributed by atoms with E-state index in [0.717, 1.165) is 43.9 Å². The van der Waals surface area contributed by atoms with Gasteiger partial charge in [-0.3, -0.25) is 9.69 Å². The standard InChI is InChI=1S/C19H27N5O/c1-19(2,3)17-4-5-18(25)24(22-17)12-15-7-10-23(11-8-15)13-16-6-9-20-14-21-16/h4-6,9,14-15H,7-8,10-13H2,1-3H3. The minimum absolute atomic E-state index is 0.00332. The van der Waals surface area contributed by atoms with E-state index < -0.39 is 0 Å². The van der Waals surface area contributed by atoms with Crippen LogP contribution in [0.5, 0.6) is 0 Å². The van der Waals surface area contributed by atoms with Gasteiger partial charge < -0.3 is 0 Å². The maximum atomic E-state index is 12.2. The molecule has 6 nitrogen and oxygen atoms in total. The Morgan fingerprint density at radius 1 is 1.16 bits per heavy atom. The molecule has 2 aromatic rings. The van der Waals surface area contributed by atoms with Gasteiger partial charge in [0.2, 0.25) is 0 Å². The lowest BCUT2D eigenvalue weighted by Gasteiger charge is -2.31. The van der Waals surface area contributed by atoms with Gasteiger partial charge in [0.05, 0.1) is 11.4 Å². The number of aromatic nitrogens is 4. The van der Waals surface area contributed by atoms with Crippen molar-refractivity contribution in [2.24, 2.45) is 5.92 Å². The van der Waals surface area contributed by atoms with Crippen molar-refractivity contribution in [1.82, 2.24) is 24.6 Å². The molecule has 1 aliphatic rings. The van der Waals surface area contributed by atoms with Crippen molar-refractivity contribution in [2.45, 2.75) is 52.1 Å². The lowest BCUT2D eigenvalue weighted by molar-refractivity contribution is 0.161. The molecule has 0 saturated carbocycles. The second-order valence-corrected chi connectivity index (χ2v) is 7.91. The minimum atomic E-state index is -0.0453. The molecule has 0 aliphatic carbocycles. The Morgan fingerprint density at radius 3 is 2.56 bits per heavy atom. The van der Waals surface area contributed by atoms with Crippen molar-refractivity contribution >= 4 is 0 Å². The van der Waals surface area contributed by atoms with Crippen LogP contribution in [0.1, 0.15) is 45.0 Å². The lowest BCUT2D eigenvalue weighted by atomic mass is 9.92. The summed E-state index contributed by atoms with van der Waals surface area (Å²) in [6, 6.07) is 5.47. The van der Waals surface area contributed by atoms with E-state index in [4.69, 9.17) is 0 Å². The molecule has 25 heavy (non-hydrogen) atoms. The first-order chi connectivity index (χ1) is 11.9. The molecule has 0 radical (unpaired) electrons. The molecular formula is C19H27N5O. The highest BCUT2D eigenvalue weighted by Gasteiger charge is 2.22. The van der Waals surface area contributed by atoms with Crippen LogP contribution in [0.25, 0.3) is 0 Å². The summed E-state index contributed by atoms with van der Waals surface area (Å²) in [5.41, 5.74) is 1.98. The van der Waals surface area contributed by atoms with Crippen molar-refractivity contribution < 1.29 is 0 Å². The third-order valence-electron chi connectivity index (χ3n) is 4.80. The summed E-state index contributed by atoms with van der Waals surface area (Å²) in [5.74, 6) is 0.502. The van der Waals surface area contributed by atoms with E-state index in [2.05, 4.69) is 40.7 Å². The van der Waals surface area contributed by atoms with Crippen LogP contribution in [0.2, 0.25) is 0 Å². The molecule has 0 bridgehead atoms. The molecule has 0 atom stereocenters. The Hall–Kier alpha value is -2.08. The van der Waals surface area contributed by atoms with Gasteiger partial charge in [-0.05, 0) is 44.0 Å². The largest absolute Gasteiger partial charge is 0.297 e. The van der Waals surface area contributed by atoms with Crippen LogP contribution in [0.3, 0.4) is 0 Å². The van der Waals surface area contributed by atoms with E-state index in [-0.39, 0.29) is 11.0 Å². The van der Waals surface area contributed by atoms with Gasteiger partial charge in [-0.25, -0.2) is 14.6 Å². The molecule has 0 spiro atoms. The number of rotatable bonds is 4. The van der Waals surface area contributed by atoms with Gasteiger partial charge in [-0.1, -0.05) is 20.8 Å². The molecule has 1 saturated heterocycles. The smallest absolute Gasteiger partial charge is 0.266 e. The van der Waals surface area contributed by atoms with Crippen molar-refractivity contribution in [2.75, 3.05) is 13.1 Å². The second-order valence-electron chi connectivity index (χ2n) is 7.91. The van der Waals surface area contributed by atoms with E-state index in [1.165, 1.54) is 0 Å². The van der Waals surface area contributed by atoms with Crippen LogP contribution < -0.4 is 5.56 Å². The summed E-state index contributed by atoms with van der Waals surface area (Å²) in [4.78, 5) is 22.8. The third-order valence-corrected chi connectivity index (χ3v) is 4.80. The Kier molecular flexibility index (Phi) is 5.27. The van der Waals surface area contributed by atoms with E-state index in [0.29, 0.717) is 12.5 Å². The van der Waals surface area contributed by atoms with Crippen LogP contribution >= 0.6 is 0 Å². The number of piperidine rings is 1. The van der Waals surface area contributed by atoms with Gasteiger partial charge in [0.1, 0.15) is 6.33 Å². The normalized spacial score (nSPS) is 16.9. The highest BCUT2D eigenvalue weighted by Crippen LogP contribution is 2.21. The zero-order chi connectivity index (χ0) is 17.9. The van der Waals surface area contributed by atoms with Gasteiger partial charge in [-0.2, -0.15) is 5.10 Å². The molecule has 134 valence electrons. The zero-order valence-corrected chi connectivity index (χ0v) is 15.4. The molecule has 0 unspecified atom stereocenters. The summed E-state index contributed by atoms with van der Waals surface area (Å²) in [5, 5.41) is 4.60. The van der Waals surface area contributed by atoms with E-state index in [1.54, 1.807) is 23.3 Å². The zero-order valence-electron chi connectivity index (χ0n) is 15.4. The molecule has 3 heterocycles. The molecule has 3 rings (SSSR count). The van der Waals surface area contributed by atoms with Crippen molar-refractivity contribution in [1.29, 1.82) is 0 Å². The van der Waals surface area contributed by atoms with Crippen LogP contribution in [-0.2, 0) is 18.5 Å². The van der Waals surface area contributed by atoms with Crippen molar-refractivity contribution in [3.05, 3.63) is 52.5 Å². The fraction of sp³-hybridized carbons (Fsp3) is 0.579. The first kappa shape index (κ1) is 17.7. The molecule has 6 heteroatoms. The highest BCUT2D eigenvalue weighted by atomic mass is 16.1. The number of hydrogen-bond donors (Lipinski definition) is 0. The van der Waals surface area contributed by atoms with Crippen molar-refractivity contribution in [3.8, 4) is 0 Å². The van der Waals surface area contributed by atoms with E-state index >= 15 is 0 Å². The van der Waals surface area contributed by atoms with E-state index in [1.807, 2.05) is 12.1 Å². The van der Waals surface area contributed by atoms with Gasteiger partial charge in [0, 0.05) is 30.8 Å². The minimum Gasteiger partial charge on any atom is -0.297 e. The summed E-state index contributed by atoms with van der Waals surface area (Å²) in [6.45, 7) is 10.0. The fourth-order valence-electron chi connectivity index (χ4n) is 3.19. The topological polar surface area (TPSA) is 63.9 Å². The number of likely N-dealkylation sites (tertiary alicyclic amines) is 1. The van der Waals surface area contributed by atoms with Crippen molar-refractivity contribution in [3.63, 3.8) is 0 Å². The van der Waals surface area contributed by atoms with Gasteiger partial charge in [0.25, 0.3) is 5.56 Å². The van der Waals surface area contributed by atoms with Crippen LogP contribution in [0.4, 0.5) is 0 Å². The number of hydrogen-bond acceptors (Lipinski definition) is 5. The highest BCUT2D eigenvalue weighted by molar-refractivity contribution is 5.10. The molecule has 0 aromatic carbocycles. The molecular weight excluding hydrogens is 314 g/mol. The monoisotopic (exact) mass is 341 g/mol. The summed E-state index contributed by atoms with van der Waals surface area (Å²) in [7, 11) is 0. The maximum Gasteiger partial charge on any atom is 0.266 e. The SMILES string of the molecule is CC(C)(C)c1ccc(=O)n(CC2CCN(Cc3ccncn3)CC2)n1. The molecule has 1 aliphatic heterocycles. The first-order valence-corrected chi connectivity index (χ1v) is 8.98. The van der Waals surface area contributed by atoms with Crippen LogP contribution in [-0.4, -0.2) is 37.7 Å². The van der Waals surface area contributed by atoms with Gasteiger partial charge in [-0.15, -0.1) is 0 Å². The summed E-state index contributed by atoms with van der Waals surface area (Å²) in [6.07, 6.45) is 5.55. The Morgan fingerprint density at radius 2 is 1.92 bits per heavy atom. The molecule has 0 amide bonds. The molecule has 1 fully saturated rings. The van der Waals surface area contributed by atoms with Gasteiger partial charge in [0.15, 0.2) is 0 Å². The second kappa shape index (κ2) is 7.44. The average molecular weight is 341 g/mol. The summed E-state index contributed by atoms with van der Waals surface area (Å²) >= 11 is 0. The Labute approximate surface area is 148 Å². The number of nitrogens with zero attached hydrogens (tertiary/aromatic N) is 5. The lowest BCUT2D eigenvalue weighted by Crippen LogP contribution is -2.37. The molecule has 0 N–H and O–H groups in total. The van der Waals surface area contributed by atoms with Crippen LogP contribution in [0.15, 0.2) is 35.5 Å². The van der Waals surface area contributed by atoms with Gasteiger partial charge >= 0.3 is 0 Å². The van der Waals surface area contributed by atoms with Crippen LogP contribution in [0, 0.1) is 5.92 Å². The summed E-state index contributed by atoms with van der Waals surface area (Å²) < 4.78 is 1.66. The quantitative estimate of drug-likeness (QED) is 0.853.